The van der Waals surface area contributed by atoms with E-state index in [9.17, 15) is 13.6 Å². The van der Waals surface area contributed by atoms with Crippen LogP contribution in [0.25, 0.3) is 0 Å². The topological polar surface area (TPSA) is 17.1 Å². The first-order chi connectivity index (χ1) is 6.61. The number of ketones is 1. The number of hydrogen-bond donors (Lipinski definition) is 0. The van der Waals surface area contributed by atoms with Crippen molar-refractivity contribution in [2.75, 3.05) is 0 Å². The van der Waals surface area contributed by atoms with Gasteiger partial charge in [-0.25, -0.2) is 8.78 Å². The first kappa shape index (κ1) is 9.31. The van der Waals surface area contributed by atoms with Crippen LogP contribution in [0.5, 0.6) is 0 Å². The summed E-state index contributed by atoms with van der Waals surface area (Å²) >= 11 is 0. The van der Waals surface area contributed by atoms with Crippen molar-refractivity contribution in [3.8, 4) is 0 Å². The molecule has 1 aliphatic rings. The molecule has 0 heterocycles. The molecule has 2 rings (SSSR count). The van der Waals surface area contributed by atoms with Gasteiger partial charge in [0, 0.05) is 5.92 Å². The maximum atomic E-state index is 13.2. The van der Waals surface area contributed by atoms with Crippen LogP contribution in [-0.2, 0) is 4.79 Å². The zero-order valence-corrected chi connectivity index (χ0v) is 7.76. The Balaban J connectivity index is 2.27. The van der Waals surface area contributed by atoms with Crippen molar-refractivity contribution < 1.29 is 13.6 Å². The van der Waals surface area contributed by atoms with Crippen molar-refractivity contribution in [1.29, 1.82) is 0 Å². The smallest absolute Gasteiger partial charge is 0.162 e. The standard InChI is InChI=1S/C11H10F2O/c1-6(14)8-5-9(8)7-3-2-4-10(12)11(7)13/h2-4,8-9H,5H2,1H3. The van der Waals surface area contributed by atoms with Crippen molar-refractivity contribution in [3.63, 3.8) is 0 Å². The van der Waals surface area contributed by atoms with Crippen LogP contribution in [0, 0.1) is 17.6 Å². The van der Waals surface area contributed by atoms with E-state index in [1.54, 1.807) is 6.07 Å². The van der Waals surface area contributed by atoms with Crippen LogP contribution in [0.15, 0.2) is 18.2 Å². The van der Waals surface area contributed by atoms with E-state index >= 15 is 0 Å². The molecule has 2 atom stereocenters. The van der Waals surface area contributed by atoms with E-state index in [0.717, 1.165) is 6.07 Å². The molecule has 0 amide bonds. The first-order valence-electron chi connectivity index (χ1n) is 4.55. The molecular formula is C11H10F2O. The Kier molecular flexibility index (Phi) is 2.10. The van der Waals surface area contributed by atoms with E-state index in [-0.39, 0.29) is 17.6 Å². The summed E-state index contributed by atoms with van der Waals surface area (Å²) in [6.45, 7) is 1.49. The van der Waals surface area contributed by atoms with Gasteiger partial charge < -0.3 is 0 Å². The average Bonchev–Trinajstić information content (AvgIpc) is 2.89. The predicted molar refractivity (Wildman–Crippen MR) is 47.9 cm³/mol. The Morgan fingerprint density at radius 2 is 2.14 bits per heavy atom. The van der Waals surface area contributed by atoms with Gasteiger partial charge in [0.05, 0.1) is 0 Å². The third-order valence-electron chi connectivity index (χ3n) is 2.69. The fourth-order valence-corrected chi connectivity index (χ4v) is 1.79. The Bertz CT molecular complexity index is 387. The lowest BCUT2D eigenvalue weighted by atomic mass is 10.1. The summed E-state index contributed by atoms with van der Waals surface area (Å²) in [5, 5.41) is 0. The lowest BCUT2D eigenvalue weighted by Crippen LogP contribution is -1.98. The second-order valence-electron chi connectivity index (χ2n) is 3.70. The number of Topliss-reactive ketones (excluding diaryl/α,β-unsaturated/α-hetero) is 1. The molecule has 14 heavy (non-hydrogen) atoms. The number of hydrogen-bond acceptors (Lipinski definition) is 1. The van der Waals surface area contributed by atoms with Crippen LogP contribution in [0.2, 0.25) is 0 Å². The van der Waals surface area contributed by atoms with Gasteiger partial charge in [0.1, 0.15) is 5.78 Å². The van der Waals surface area contributed by atoms with Crippen LogP contribution in [0.1, 0.15) is 24.8 Å². The van der Waals surface area contributed by atoms with Gasteiger partial charge >= 0.3 is 0 Å². The summed E-state index contributed by atoms with van der Waals surface area (Å²) in [5.74, 6) is -1.80. The molecule has 0 radical (unpaired) electrons. The molecule has 74 valence electrons. The molecule has 0 saturated heterocycles. The normalized spacial score (nSPS) is 24.8. The summed E-state index contributed by atoms with van der Waals surface area (Å²) in [6, 6.07) is 4.11. The molecule has 0 spiro atoms. The van der Waals surface area contributed by atoms with Crippen molar-refractivity contribution in [1.82, 2.24) is 0 Å². The van der Waals surface area contributed by atoms with E-state index in [1.165, 1.54) is 13.0 Å². The van der Waals surface area contributed by atoms with Crippen LogP contribution in [0.3, 0.4) is 0 Å². The van der Waals surface area contributed by atoms with Gasteiger partial charge in [-0.15, -0.1) is 0 Å². The molecule has 1 aliphatic carbocycles. The molecule has 1 saturated carbocycles. The van der Waals surface area contributed by atoms with E-state index in [4.69, 9.17) is 0 Å². The quantitative estimate of drug-likeness (QED) is 0.710. The Hall–Kier alpha value is -1.25. The molecule has 1 fully saturated rings. The predicted octanol–water partition coefficient (Wildman–Crippen LogP) is 2.66. The van der Waals surface area contributed by atoms with Crippen molar-refractivity contribution in [3.05, 3.63) is 35.4 Å². The first-order valence-corrected chi connectivity index (χ1v) is 4.55. The Labute approximate surface area is 80.7 Å². The Morgan fingerprint density at radius 1 is 1.43 bits per heavy atom. The summed E-state index contributed by atoms with van der Waals surface area (Å²) in [4.78, 5) is 11.0. The van der Waals surface area contributed by atoms with Crippen molar-refractivity contribution in [2.45, 2.75) is 19.3 Å². The second-order valence-corrected chi connectivity index (χ2v) is 3.70. The third kappa shape index (κ3) is 1.43. The van der Waals surface area contributed by atoms with Crippen LogP contribution in [-0.4, -0.2) is 5.78 Å². The zero-order chi connectivity index (χ0) is 10.3. The highest BCUT2D eigenvalue weighted by Gasteiger charge is 2.43. The average molecular weight is 196 g/mol. The van der Waals surface area contributed by atoms with Crippen LogP contribution in [0.4, 0.5) is 8.78 Å². The minimum absolute atomic E-state index is 0.0543. The van der Waals surface area contributed by atoms with E-state index < -0.39 is 11.6 Å². The minimum atomic E-state index is -0.836. The summed E-state index contributed by atoms with van der Waals surface area (Å²) < 4.78 is 26.1. The highest BCUT2D eigenvalue weighted by atomic mass is 19.2. The minimum Gasteiger partial charge on any atom is -0.300 e. The summed E-state index contributed by atoms with van der Waals surface area (Å²) in [5.41, 5.74) is 0.338. The third-order valence-corrected chi connectivity index (χ3v) is 2.69. The summed E-state index contributed by atoms with van der Waals surface area (Å²) in [7, 11) is 0. The molecule has 3 heteroatoms. The molecule has 2 unspecified atom stereocenters. The van der Waals surface area contributed by atoms with Gasteiger partial charge in [0.2, 0.25) is 0 Å². The monoisotopic (exact) mass is 196 g/mol. The molecule has 1 aromatic rings. The van der Waals surface area contributed by atoms with Gasteiger partial charge in [-0.3, -0.25) is 4.79 Å². The maximum Gasteiger partial charge on any atom is 0.162 e. The SMILES string of the molecule is CC(=O)C1CC1c1cccc(F)c1F. The summed E-state index contributed by atoms with van der Waals surface area (Å²) in [6.07, 6.45) is 0.649. The lowest BCUT2D eigenvalue weighted by Gasteiger charge is -2.01. The zero-order valence-electron chi connectivity index (χ0n) is 7.76. The number of carbonyl (C=O) groups excluding carboxylic acids is 1. The van der Waals surface area contributed by atoms with Gasteiger partial charge in [0.25, 0.3) is 0 Å². The van der Waals surface area contributed by atoms with Crippen molar-refractivity contribution in [2.24, 2.45) is 5.92 Å². The van der Waals surface area contributed by atoms with E-state index in [0.29, 0.717) is 12.0 Å². The molecule has 0 bridgehead atoms. The van der Waals surface area contributed by atoms with Gasteiger partial charge in [-0.05, 0) is 30.9 Å². The number of benzene rings is 1. The highest BCUT2D eigenvalue weighted by molar-refractivity contribution is 5.82. The van der Waals surface area contributed by atoms with Gasteiger partial charge in [-0.1, -0.05) is 12.1 Å². The number of halogens is 2. The molecule has 0 aliphatic heterocycles. The fourth-order valence-electron chi connectivity index (χ4n) is 1.79. The maximum absolute atomic E-state index is 13.2. The molecule has 1 aromatic carbocycles. The van der Waals surface area contributed by atoms with Crippen molar-refractivity contribution >= 4 is 5.78 Å². The molecule has 0 aromatic heterocycles. The largest absolute Gasteiger partial charge is 0.300 e. The highest BCUT2D eigenvalue weighted by Crippen LogP contribution is 2.48. The number of carbonyl (C=O) groups is 1. The lowest BCUT2D eigenvalue weighted by molar-refractivity contribution is -0.118. The van der Waals surface area contributed by atoms with E-state index in [2.05, 4.69) is 0 Å². The van der Waals surface area contributed by atoms with E-state index in [1.807, 2.05) is 0 Å². The molecule has 1 nitrogen and oxygen atoms in total. The van der Waals surface area contributed by atoms with Crippen LogP contribution >= 0.6 is 0 Å². The fraction of sp³-hybridized carbons (Fsp3) is 0.364. The number of rotatable bonds is 2. The molecule has 0 N–H and O–H groups in total. The second kappa shape index (κ2) is 3.15. The van der Waals surface area contributed by atoms with Crippen LogP contribution < -0.4 is 0 Å². The van der Waals surface area contributed by atoms with Gasteiger partial charge in [0.15, 0.2) is 11.6 Å². The van der Waals surface area contributed by atoms with Gasteiger partial charge in [-0.2, -0.15) is 0 Å². The molecular weight excluding hydrogens is 186 g/mol. The Morgan fingerprint density at radius 3 is 2.71 bits per heavy atom.